The highest BCUT2D eigenvalue weighted by molar-refractivity contribution is 5.89. The van der Waals surface area contributed by atoms with Crippen LogP contribution in [-0.4, -0.2) is 22.1 Å². The highest BCUT2D eigenvalue weighted by Gasteiger charge is 2.01. The molecule has 5 nitrogen and oxygen atoms in total. The SMILES string of the molecule is CCc1cccc(NC(=O)NCCCn2ccnc2)c1. The molecule has 0 aliphatic rings. The van der Waals surface area contributed by atoms with Gasteiger partial charge in [0.15, 0.2) is 0 Å². The Morgan fingerprint density at radius 1 is 1.40 bits per heavy atom. The van der Waals surface area contributed by atoms with Gasteiger partial charge in [-0.3, -0.25) is 0 Å². The van der Waals surface area contributed by atoms with Gasteiger partial charge in [0.05, 0.1) is 6.33 Å². The number of amides is 2. The van der Waals surface area contributed by atoms with Crippen LogP contribution in [0.5, 0.6) is 0 Å². The molecule has 0 radical (unpaired) electrons. The molecule has 0 atom stereocenters. The lowest BCUT2D eigenvalue weighted by Gasteiger charge is -2.08. The second kappa shape index (κ2) is 7.33. The molecule has 2 rings (SSSR count). The van der Waals surface area contributed by atoms with Crippen molar-refractivity contribution in [2.24, 2.45) is 0 Å². The van der Waals surface area contributed by atoms with Crippen LogP contribution in [0.3, 0.4) is 0 Å². The molecule has 0 saturated heterocycles. The lowest BCUT2D eigenvalue weighted by atomic mass is 10.1. The topological polar surface area (TPSA) is 59.0 Å². The average Bonchev–Trinajstić information content (AvgIpc) is 2.97. The molecule has 106 valence electrons. The first-order chi connectivity index (χ1) is 9.78. The number of nitrogens with zero attached hydrogens (tertiary/aromatic N) is 2. The molecule has 0 unspecified atom stereocenters. The highest BCUT2D eigenvalue weighted by atomic mass is 16.2. The highest BCUT2D eigenvalue weighted by Crippen LogP contribution is 2.10. The smallest absolute Gasteiger partial charge is 0.319 e. The monoisotopic (exact) mass is 272 g/mol. The van der Waals surface area contributed by atoms with Gasteiger partial charge in [-0.05, 0) is 30.5 Å². The molecule has 0 fully saturated rings. The van der Waals surface area contributed by atoms with Crippen molar-refractivity contribution in [3.63, 3.8) is 0 Å². The van der Waals surface area contributed by atoms with Crippen LogP contribution < -0.4 is 10.6 Å². The van der Waals surface area contributed by atoms with Crippen LogP contribution in [0, 0.1) is 0 Å². The standard InChI is InChI=1S/C15H20N4O/c1-2-13-5-3-6-14(11-13)18-15(20)17-7-4-9-19-10-8-16-12-19/h3,5-6,8,10-12H,2,4,7,9H2,1H3,(H2,17,18,20). The number of hydrogen-bond donors (Lipinski definition) is 2. The van der Waals surface area contributed by atoms with Crippen molar-refractivity contribution in [2.45, 2.75) is 26.3 Å². The summed E-state index contributed by atoms with van der Waals surface area (Å²) in [5.41, 5.74) is 2.04. The summed E-state index contributed by atoms with van der Waals surface area (Å²) in [5.74, 6) is 0. The van der Waals surface area contributed by atoms with Crippen molar-refractivity contribution in [1.82, 2.24) is 14.9 Å². The molecular weight excluding hydrogens is 252 g/mol. The predicted molar refractivity (Wildman–Crippen MR) is 79.7 cm³/mol. The number of carbonyl (C=O) groups is 1. The Bertz CT molecular complexity index is 537. The fraction of sp³-hybridized carbons (Fsp3) is 0.333. The minimum Gasteiger partial charge on any atom is -0.338 e. The first-order valence-electron chi connectivity index (χ1n) is 6.87. The van der Waals surface area contributed by atoms with E-state index >= 15 is 0 Å². The van der Waals surface area contributed by atoms with Gasteiger partial charge >= 0.3 is 6.03 Å². The number of rotatable bonds is 6. The van der Waals surface area contributed by atoms with Gasteiger partial charge in [-0.15, -0.1) is 0 Å². The number of aryl methyl sites for hydroxylation is 2. The Hall–Kier alpha value is -2.30. The Balaban J connectivity index is 1.69. The maximum atomic E-state index is 11.7. The quantitative estimate of drug-likeness (QED) is 0.794. The number of imidazole rings is 1. The molecule has 1 aromatic heterocycles. The lowest BCUT2D eigenvalue weighted by Crippen LogP contribution is -2.30. The van der Waals surface area contributed by atoms with E-state index in [9.17, 15) is 4.79 Å². The zero-order valence-electron chi connectivity index (χ0n) is 11.7. The molecule has 0 aliphatic carbocycles. The fourth-order valence-corrected chi connectivity index (χ4v) is 1.93. The van der Waals surface area contributed by atoms with Crippen LogP contribution in [0.1, 0.15) is 18.9 Å². The molecule has 20 heavy (non-hydrogen) atoms. The molecule has 5 heteroatoms. The summed E-state index contributed by atoms with van der Waals surface area (Å²) in [7, 11) is 0. The van der Waals surface area contributed by atoms with E-state index in [0.29, 0.717) is 6.54 Å². The van der Waals surface area contributed by atoms with Gasteiger partial charge in [0, 0.05) is 31.2 Å². The average molecular weight is 272 g/mol. The second-order valence-electron chi connectivity index (χ2n) is 4.59. The maximum absolute atomic E-state index is 11.7. The first-order valence-corrected chi connectivity index (χ1v) is 6.87. The van der Waals surface area contributed by atoms with Crippen molar-refractivity contribution in [2.75, 3.05) is 11.9 Å². The van der Waals surface area contributed by atoms with E-state index in [0.717, 1.165) is 25.1 Å². The summed E-state index contributed by atoms with van der Waals surface area (Å²) < 4.78 is 1.99. The molecule has 0 aliphatic heterocycles. The molecule has 2 aromatic rings. The third-order valence-corrected chi connectivity index (χ3v) is 3.03. The number of hydrogen-bond acceptors (Lipinski definition) is 2. The molecule has 1 aromatic carbocycles. The summed E-state index contributed by atoms with van der Waals surface area (Å²) >= 11 is 0. The zero-order valence-corrected chi connectivity index (χ0v) is 11.7. The van der Waals surface area contributed by atoms with Gasteiger partial charge < -0.3 is 15.2 Å². The number of aromatic nitrogens is 2. The molecule has 2 N–H and O–H groups in total. The summed E-state index contributed by atoms with van der Waals surface area (Å²) in [5, 5.41) is 5.69. The van der Waals surface area contributed by atoms with Crippen molar-refractivity contribution < 1.29 is 4.79 Å². The number of urea groups is 1. The Kier molecular flexibility index (Phi) is 5.17. The van der Waals surface area contributed by atoms with Crippen LogP contribution in [0.25, 0.3) is 0 Å². The van der Waals surface area contributed by atoms with E-state index in [1.165, 1.54) is 5.56 Å². The summed E-state index contributed by atoms with van der Waals surface area (Å²) in [6.45, 7) is 3.58. The van der Waals surface area contributed by atoms with Gasteiger partial charge in [0.25, 0.3) is 0 Å². The number of anilines is 1. The minimum absolute atomic E-state index is 0.163. The molecule has 0 saturated carbocycles. The van der Waals surface area contributed by atoms with E-state index in [-0.39, 0.29) is 6.03 Å². The predicted octanol–water partition coefficient (Wildman–Crippen LogP) is 2.66. The Morgan fingerprint density at radius 2 is 2.30 bits per heavy atom. The molecule has 0 spiro atoms. The minimum atomic E-state index is -0.163. The summed E-state index contributed by atoms with van der Waals surface area (Å²) in [6.07, 6.45) is 7.27. The molecule has 2 amide bonds. The van der Waals surface area contributed by atoms with Crippen LogP contribution in [-0.2, 0) is 13.0 Å². The van der Waals surface area contributed by atoms with Crippen molar-refractivity contribution in [3.05, 3.63) is 48.5 Å². The van der Waals surface area contributed by atoms with Crippen LogP contribution >= 0.6 is 0 Å². The third kappa shape index (κ3) is 4.42. The Morgan fingerprint density at radius 3 is 3.05 bits per heavy atom. The van der Waals surface area contributed by atoms with Crippen molar-refractivity contribution in [3.8, 4) is 0 Å². The van der Waals surface area contributed by atoms with Gasteiger partial charge in [0.1, 0.15) is 0 Å². The largest absolute Gasteiger partial charge is 0.338 e. The maximum Gasteiger partial charge on any atom is 0.319 e. The molecular formula is C15H20N4O. The van der Waals surface area contributed by atoms with Gasteiger partial charge in [-0.25, -0.2) is 9.78 Å². The summed E-state index contributed by atoms with van der Waals surface area (Å²) in [4.78, 5) is 15.7. The number of carbonyl (C=O) groups excluding carboxylic acids is 1. The van der Waals surface area contributed by atoms with Gasteiger partial charge in [0.2, 0.25) is 0 Å². The van der Waals surface area contributed by atoms with Gasteiger partial charge in [-0.1, -0.05) is 19.1 Å². The van der Waals surface area contributed by atoms with E-state index < -0.39 is 0 Å². The number of nitrogens with one attached hydrogen (secondary N) is 2. The van der Waals surface area contributed by atoms with Crippen molar-refractivity contribution >= 4 is 11.7 Å². The van der Waals surface area contributed by atoms with E-state index in [4.69, 9.17) is 0 Å². The van der Waals surface area contributed by atoms with Crippen LogP contribution in [0.4, 0.5) is 10.5 Å². The van der Waals surface area contributed by atoms with Crippen molar-refractivity contribution in [1.29, 1.82) is 0 Å². The molecule has 0 bridgehead atoms. The van der Waals surface area contributed by atoms with E-state index in [1.54, 1.807) is 12.5 Å². The van der Waals surface area contributed by atoms with E-state index in [2.05, 4.69) is 22.5 Å². The fourth-order valence-electron chi connectivity index (χ4n) is 1.93. The number of benzene rings is 1. The second-order valence-corrected chi connectivity index (χ2v) is 4.59. The van der Waals surface area contributed by atoms with Crippen LogP contribution in [0.15, 0.2) is 43.0 Å². The summed E-state index contributed by atoms with van der Waals surface area (Å²) in [6, 6.07) is 7.72. The van der Waals surface area contributed by atoms with E-state index in [1.807, 2.05) is 35.0 Å². The zero-order chi connectivity index (χ0) is 14.2. The third-order valence-electron chi connectivity index (χ3n) is 3.03. The Labute approximate surface area is 119 Å². The first kappa shape index (κ1) is 14.1. The normalized spacial score (nSPS) is 10.2. The van der Waals surface area contributed by atoms with Gasteiger partial charge in [-0.2, -0.15) is 0 Å². The van der Waals surface area contributed by atoms with Crippen LogP contribution in [0.2, 0.25) is 0 Å². The molecule has 1 heterocycles. The lowest BCUT2D eigenvalue weighted by molar-refractivity contribution is 0.252.